The van der Waals surface area contributed by atoms with Gasteiger partial charge in [-0.25, -0.2) is 9.50 Å². The molecule has 0 bridgehead atoms. The highest BCUT2D eigenvalue weighted by Gasteiger charge is 2.23. The van der Waals surface area contributed by atoms with E-state index in [1.165, 1.54) is 5.57 Å². The van der Waals surface area contributed by atoms with E-state index in [1.807, 2.05) is 46.6 Å². The van der Waals surface area contributed by atoms with E-state index in [0.717, 1.165) is 59.1 Å². The first-order valence-corrected chi connectivity index (χ1v) is 13.3. The standard InChI is InChI=1S/C25H30N7OS/c1-17-12-21(19-8-10-31(11-9-19)34(4)5)24-28-25(29-32(24)14-17)27-20-6-7-22(23(13-20)33-3)30-15-18(2)26-16-30/h6-8,12-16H,9-11H2,1-5H3,(H,27,29)/q+1. The molecule has 5 rings (SSSR count). The Kier molecular flexibility index (Phi) is 6.05. The van der Waals surface area contributed by atoms with Crippen molar-refractivity contribution in [3.8, 4) is 11.4 Å². The molecule has 1 aliphatic heterocycles. The molecule has 176 valence electrons. The van der Waals surface area contributed by atoms with Gasteiger partial charge in [-0.2, -0.15) is 4.98 Å². The summed E-state index contributed by atoms with van der Waals surface area (Å²) >= 11 is 0.291. The topological polar surface area (TPSA) is 72.5 Å². The minimum absolute atomic E-state index is 0.291. The van der Waals surface area contributed by atoms with Gasteiger partial charge in [-0.1, -0.05) is 6.08 Å². The number of nitrogens with zero attached hydrogens (tertiary/aromatic N) is 6. The average Bonchev–Trinajstić information content (AvgIpc) is 3.44. The molecule has 0 unspecified atom stereocenters. The van der Waals surface area contributed by atoms with Gasteiger partial charge in [0.05, 0.1) is 42.4 Å². The summed E-state index contributed by atoms with van der Waals surface area (Å²) in [7, 11) is 1.67. The number of ether oxygens (including phenoxy) is 1. The van der Waals surface area contributed by atoms with Gasteiger partial charge >= 0.3 is 0 Å². The van der Waals surface area contributed by atoms with Gasteiger partial charge in [-0.15, -0.1) is 9.40 Å². The molecular weight excluding hydrogens is 446 g/mol. The summed E-state index contributed by atoms with van der Waals surface area (Å²) in [6.45, 7) is 6.12. The number of aryl methyl sites for hydroxylation is 2. The van der Waals surface area contributed by atoms with E-state index in [-0.39, 0.29) is 0 Å². The molecule has 1 N–H and O–H groups in total. The molecule has 0 amide bonds. The molecule has 1 aromatic carbocycles. The van der Waals surface area contributed by atoms with Crippen LogP contribution in [-0.4, -0.2) is 61.2 Å². The second-order valence-corrected chi connectivity index (χ2v) is 10.8. The summed E-state index contributed by atoms with van der Waals surface area (Å²) in [5, 5.41) is 8.06. The van der Waals surface area contributed by atoms with E-state index in [1.54, 1.807) is 13.4 Å². The Labute approximate surface area is 202 Å². The highest BCUT2D eigenvalue weighted by Crippen LogP contribution is 2.30. The van der Waals surface area contributed by atoms with E-state index >= 15 is 0 Å². The molecular formula is C25H30N7OS+. The van der Waals surface area contributed by atoms with Gasteiger partial charge in [0.25, 0.3) is 0 Å². The van der Waals surface area contributed by atoms with E-state index in [0.29, 0.717) is 17.0 Å². The Morgan fingerprint density at radius 2 is 1.97 bits per heavy atom. The highest BCUT2D eigenvalue weighted by molar-refractivity contribution is 7.93. The Morgan fingerprint density at radius 1 is 1.12 bits per heavy atom. The largest absolute Gasteiger partial charge is 0.494 e. The van der Waals surface area contributed by atoms with Crippen LogP contribution in [0.5, 0.6) is 5.75 Å². The number of anilines is 2. The van der Waals surface area contributed by atoms with Crippen LogP contribution in [0.1, 0.15) is 23.2 Å². The molecule has 0 fully saturated rings. The molecule has 34 heavy (non-hydrogen) atoms. The van der Waals surface area contributed by atoms with Crippen LogP contribution in [0.15, 0.2) is 49.1 Å². The number of hydrogen-bond acceptors (Lipinski definition) is 6. The third-order valence-electron chi connectivity index (χ3n) is 6.03. The summed E-state index contributed by atoms with van der Waals surface area (Å²) in [5.41, 5.74) is 7.28. The first-order chi connectivity index (χ1) is 16.4. The fraction of sp³-hybridized carbons (Fsp3) is 0.320. The van der Waals surface area contributed by atoms with Crippen molar-refractivity contribution < 1.29 is 4.74 Å². The van der Waals surface area contributed by atoms with Crippen molar-refractivity contribution in [2.45, 2.75) is 20.3 Å². The summed E-state index contributed by atoms with van der Waals surface area (Å²) < 4.78 is 12.0. The predicted octanol–water partition coefficient (Wildman–Crippen LogP) is 4.17. The molecule has 8 nitrogen and oxygen atoms in total. The number of methoxy groups -OCH3 is 1. The number of fused-ring (bicyclic) bond motifs is 1. The normalized spacial score (nSPS) is 14.6. The van der Waals surface area contributed by atoms with Crippen LogP contribution >= 0.6 is 0 Å². The van der Waals surface area contributed by atoms with Crippen LogP contribution in [0, 0.1) is 13.8 Å². The minimum atomic E-state index is 0.291. The van der Waals surface area contributed by atoms with Crippen LogP contribution < -0.4 is 10.1 Å². The maximum atomic E-state index is 5.64. The predicted molar refractivity (Wildman–Crippen MR) is 139 cm³/mol. The number of imidazole rings is 1. The van der Waals surface area contributed by atoms with Gasteiger partial charge in [0, 0.05) is 36.3 Å². The molecule has 9 heteroatoms. The zero-order chi connectivity index (χ0) is 23.8. The Morgan fingerprint density at radius 3 is 2.65 bits per heavy atom. The van der Waals surface area contributed by atoms with Crippen molar-refractivity contribution in [3.05, 3.63) is 65.9 Å². The molecule has 4 aromatic rings. The third kappa shape index (κ3) is 4.41. The molecule has 3 aromatic heterocycles. The van der Waals surface area contributed by atoms with Gasteiger partial charge < -0.3 is 14.6 Å². The van der Waals surface area contributed by atoms with E-state index in [9.17, 15) is 0 Å². The van der Waals surface area contributed by atoms with Gasteiger partial charge in [0.1, 0.15) is 18.3 Å². The number of benzene rings is 1. The lowest BCUT2D eigenvalue weighted by molar-refractivity contribution is 0.413. The Bertz CT molecular complexity index is 1370. The van der Waals surface area contributed by atoms with E-state index < -0.39 is 0 Å². The van der Waals surface area contributed by atoms with Crippen molar-refractivity contribution in [3.63, 3.8) is 0 Å². The third-order valence-corrected chi connectivity index (χ3v) is 7.39. The minimum Gasteiger partial charge on any atom is -0.494 e. The van der Waals surface area contributed by atoms with E-state index in [2.05, 4.69) is 46.2 Å². The molecule has 0 radical (unpaired) electrons. The molecule has 0 saturated carbocycles. The molecule has 0 atom stereocenters. The van der Waals surface area contributed by atoms with Crippen LogP contribution in [0.25, 0.3) is 16.9 Å². The SMILES string of the molecule is COc1cc(Nc2nc3c(C4=CCN([S+](C)C)CC4)cc(C)cn3n2)ccc1-n1cnc(C)c1. The summed E-state index contributed by atoms with van der Waals surface area (Å²) in [6.07, 6.45) is 13.7. The zero-order valence-corrected chi connectivity index (χ0v) is 21.1. The summed E-state index contributed by atoms with van der Waals surface area (Å²) in [4.78, 5) is 9.16. The fourth-order valence-electron chi connectivity index (χ4n) is 4.29. The second-order valence-electron chi connectivity index (χ2n) is 8.71. The molecule has 4 heterocycles. The van der Waals surface area contributed by atoms with Crippen molar-refractivity contribution in [1.29, 1.82) is 0 Å². The lowest BCUT2D eigenvalue weighted by Crippen LogP contribution is -2.33. The van der Waals surface area contributed by atoms with Crippen LogP contribution in [-0.2, 0) is 11.1 Å². The number of nitrogens with one attached hydrogen (secondary N) is 1. The van der Waals surface area contributed by atoms with Crippen LogP contribution in [0.2, 0.25) is 0 Å². The van der Waals surface area contributed by atoms with Crippen molar-refractivity contribution >= 4 is 33.9 Å². The van der Waals surface area contributed by atoms with Gasteiger partial charge in [-0.05, 0) is 49.6 Å². The lowest BCUT2D eigenvalue weighted by Gasteiger charge is -2.22. The van der Waals surface area contributed by atoms with Crippen molar-refractivity contribution in [2.75, 3.05) is 38.0 Å². The molecule has 0 aliphatic carbocycles. The van der Waals surface area contributed by atoms with Crippen LogP contribution in [0.4, 0.5) is 11.6 Å². The van der Waals surface area contributed by atoms with E-state index in [4.69, 9.17) is 14.8 Å². The number of rotatable bonds is 6. The smallest absolute Gasteiger partial charge is 0.247 e. The molecule has 1 aliphatic rings. The summed E-state index contributed by atoms with van der Waals surface area (Å²) in [5.74, 6) is 1.30. The second kappa shape index (κ2) is 9.15. The first-order valence-electron chi connectivity index (χ1n) is 11.3. The van der Waals surface area contributed by atoms with Crippen molar-refractivity contribution in [2.24, 2.45) is 0 Å². The number of aromatic nitrogens is 5. The van der Waals surface area contributed by atoms with Gasteiger partial charge in [0.15, 0.2) is 5.65 Å². The highest BCUT2D eigenvalue weighted by atomic mass is 32.2. The Balaban J connectivity index is 1.45. The first kappa shape index (κ1) is 22.5. The maximum Gasteiger partial charge on any atom is 0.247 e. The molecule has 0 spiro atoms. The Hall–Kier alpha value is -3.30. The van der Waals surface area contributed by atoms with Gasteiger partial charge in [-0.3, -0.25) is 0 Å². The monoisotopic (exact) mass is 476 g/mol. The number of hydrogen-bond donors (Lipinski definition) is 1. The average molecular weight is 477 g/mol. The zero-order valence-electron chi connectivity index (χ0n) is 20.2. The maximum absolute atomic E-state index is 5.64. The quantitative estimate of drug-likeness (QED) is 0.421. The molecule has 0 saturated heterocycles. The van der Waals surface area contributed by atoms with Gasteiger partial charge in [0.2, 0.25) is 5.95 Å². The lowest BCUT2D eigenvalue weighted by atomic mass is 10.0. The fourth-order valence-corrected chi connectivity index (χ4v) is 5.12. The van der Waals surface area contributed by atoms with Crippen molar-refractivity contribution in [1.82, 2.24) is 28.5 Å². The number of pyridine rings is 1. The van der Waals surface area contributed by atoms with Crippen LogP contribution in [0.3, 0.4) is 0 Å². The summed E-state index contributed by atoms with van der Waals surface area (Å²) in [6, 6.07) is 8.17.